The highest BCUT2D eigenvalue weighted by atomic mass is 19.4. The minimum absolute atomic E-state index is 0.0233. The van der Waals surface area contributed by atoms with Crippen LogP contribution in [0.2, 0.25) is 0 Å². The first-order chi connectivity index (χ1) is 12.2. The number of nitrogen functional groups attached to an aromatic ring is 1. The van der Waals surface area contributed by atoms with Crippen LogP contribution in [0.4, 0.5) is 30.6 Å². The van der Waals surface area contributed by atoms with Crippen molar-refractivity contribution < 1.29 is 13.2 Å². The van der Waals surface area contributed by atoms with Crippen LogP contribution >= 0.6 is 0 Å². The Balaban J connectivity index is 1.89. The van der Waals surface area contributed by atoms with Crippen molar-refractivity contribution in [3.05, 3.63) is 41.1 Å². The molecule has 0 saturated heterocycles. The average Bonchev–Trinajstić information content (AvgIpc) is 3.16. The van der Waals surface area contributed by atoms with Gasteiger partial charge in [0, 0.05) is 6.20 Å². The van der Waals surface area contributed by atoms with Gasteiger partial charge in [-0.1, -0.05) is 0 Å². The fourth-order valence-corrected chi connectivity index (χ4v) is 2.69. The summed E-state index contributed by atoms with van der Waals surface area (Å²) in [4.78, 5) is 7.59. The number of hydrogen-bond acceptors (Lipinski definition) is 6. The van der Waals surface area contributed by atoms with Gasteiger partial charge in [-0.2, -0.15) is 28.4 Å². The molecule has 1 unspecified atom stereocenters. The van der Waals surface area contributed by atoms with Crippen molar-refractivity contribution in [2.75, 3.05) is 11.1 Å². The molecule has 3 aromatic heterocycles. The van der Waals surface area contributed by atoms with Gasteiger partial charge < -0.3 is 11.1 Å². The van der Waals surface area contributed by atoms with Crippen molar-refractivity contribution in [3.8, 4) is 0 Å². The van der Waals surface area contributed by atoms with Gasteiger partial charge in [-0.15, -0.1) is 0 Å². The maximum absolute atomic E-state index is 13.0. The molecule has 3 rings (SSSR count). The van der Waals surface area contributed by atoms with Crippen LogP contribution in [0.1, 0.15) is 35.6 Å². The Bertz CT molecular complexity index is 891. The van der Waals surface area contributed by atoms with Crippen LogP contribution in [0.3, 0.4) is 0 Å². The molecule has 1 atom stereocenters. The number of aromatic amines is 1. The average molecular weight is 366 g/mol. The SMILES string of the molecule is Cc1nc(Nc2cnn(C(C)c3ccn[nH]3)c2C)nc(N)c1C(F)(F)F. The molecule has 0 saturated carbocycles. The van der Waals surface area contributed by atoms with E-state index in [4.69, 9.17) is 5.73 Å². The van der Waals surface area contributed by atoms with E-state index in [1.54, 1.807) is 17.1 Å². The number of alkyl halides is 3. The zero-order valence-corrected chi connectivity index (χ0v) is 14.3. The summed E-state index contributed by atoms with van der Waals surface area (Å²) in [6.45, 7) is 5.00. The molecule has 0 aliphatic rings. The fraction of sp³-hybridized carbons (Fsp3) is 0.333. The minimum atomic E-state index is -4.60. The molecule has 138 valence electrons. The first-order valence-electron chi connectivity index (χ1n) is 7.70. The number of halogens is 3. The molecule has 0 amide bonds. The Kier molecular flexibility index (Phi) is 4.30. The number of nitrogens with two attached hydrogens (primary N) is 1. The van der Waals surface area contributed by atoms with Gasteiger partial charge in [-0.25, -0.2) is 4.98 Å². The fourth-order valence-electron chi connectivity index (χ4n) is 2.69. The standard InChI is InChI=1S/C15H17F3N8/c1-7-12(15(16,17)18)13(19)24-14(22-7)23-11-6-21-26(9(11)3)8(2)10-4-5-20-25-10/h4-6,8H,1-3H3,(H,20,25)(H3,19,22,23,24). The van der Waals surface area contributed by atoms with Crippen molar-refractivity contribution in [2.45, 2.75) is 33.0 Å². The summed E-state index contributed by atoms with van der Waals surface area (Å²) in [6.07, 6.45) is -1.41. The van der Waals surface area contributed by atoms with Gasteiger partial charge in [-0.3, -0.25) is 9.78 Å². The van der Waals surface area contributed by atoms with Crippen molar-refractivity contribution >= 4 is 17.5 Å². The largest absolute Gasteiger partial charge is 0.421 e. The van der Waals surface area contributed by atoms with Crippen LogP contribution in [-0.2, 0) is 6.18 Å². The van der Waals surface area contributed by atoms with E-state index >= 15 is 0 Å². The van der Waals surface area contributed by atoms with E-state index in [1.165, 1.54) is 6.92 Å². The Hall–Kier alpha value is -3.11. The quantitative estimate of drug-likeness (QED) is 0.655. The topological polar surface area (TPSA) is 110 Å². The second-order valence-electron chi connectivity index (χ2n) is 5.79. The summed E-state index contributed by atoms with van der Waals surface area (Å²) in [5, 5.41) is 14.0. The molecule has 4 N–H and O–H groups in total. The maximum atomic E-state index is 13.0. The first kappa shape index (κ1) is 17.7. The zero-order chi connectivity index (χ0) is 19.1. The van der Waals surface area contributed by atoms with E-state index in [0.29, 0.717) is 5.69 Å². The number of aryl methyl sites for hydroxylation is 1. The van der Waals surface area contributed by atoms with Crippen molar-refractivity contribution in [2.24, 2.45) is 0 Å². The molecular formula is C15H17F3N8. The zero-order valence-electron chi connectivity index (χ0n) is 14.3. The summed E-state index contributed by atoms with van der Waals surface area (Å²) in [7, 11) is 0. The highest BCUT2D eigenvalue weighted by Gasteiger charge is 2.36. The lowest BCUT2D eigenvalue weighted by Crippen LogP contribution is -2.15. The van der Waals surface area contributed by atoms with E-state index < -0.39 is 17.6 Å². The summed E-state index contributed by atoms with van der Waals surface area (Å²) < 4.78 is 40.6. The Labute approximate surface area is 146 Å². The smallest absolute Gasteiger partial charge is 0.383 e. The third-order valence-electron chi connectivity index (χ3n) is 4.03. The van der Waals surface area contributed by atoms with Crippen molar-refractivity contribution in [1.82, 2.24) is 29.9 Å². The van der Waals surface area contributed by atoms with E-state index in [1.807, 2.05) is 19.9 Å². The van der Waals surface area contributed by atoms with Gasteiger partial charge in [0.2, 0.25) is 5.95 Å². The summed E-state index contributed by atoms with van der Waals surface area (Å²) >= 11 is 0. The van der Waals surface area contributed by atoms with Crippen LogP contribution in [0.25, 0.3) is 0 Å². The van der Waals surface area contributed by atoms with Gasteiger partial charge >= 0.3 is 6.18 Å². The first-order valence-corrected chi connectivity index (χ1v) is 7.70. The molecule has 3 heterocycles. The minimum Gasteiger partial charge on any atom is -0.383 e. The lowest BCUT2D eigenvalue weighted by molar-refractivity contribution is -0.137. The predicted molar refractivity (Wildman–Crippen MR) is 88.8 cm³/mol. The molecule has 0 radical (unpaired) electrons. The third kappa shape index (κ3) is 3.19. The summed E-state index contributed by atoms with van der Waals surface area (Å²) in [6, 6.07) is 1.73. The van der Waals surface area contributed by atoms with Crippen LogP contribution in [0, 0.1) is 13.8 Å². The number of rotatable bonds is 4. The van der Waals surface area contributed by atoms with Gasteiger partial charge in [0.05, 0.1) is 35.0 Å². The number of anilines is 3. The molecular weight excluding hydrogens is 349 g/mol. The molecule has 0 fully saturated rings. The Morgan fingerprint density at radius 1 is 1.27 bits per heavy atom. The molecule has 26 heavy (non-hydrogen) atoms. The van der Waals surface area contributed by atoms with E-state index in [0.717, 1.165) is 11.4 Å². The molecule has 0 aromatic carbocycles. The van der Waals surface area contributed by atoms with Gasteiger partial charge in [0.25, 0.3) is 0 Å². The molecule has 3 aromatic rings. The normalized spacial score (nSPS) is 13.0. The van der Waals surface area contributed by atoms with Crippen LogP contribution in [0.5, 0.6) is 0 Å². The lowest BCUT2D eigenvalue weighted by Gasteiger charge is -2.14. The summed E-state index contributed by atoms with van der Waals surface area (Å²) in [5.41, 5.74) is 6.39. The van der Waals surface area contributed by atoms with E-state index in [-0.39, 0.29) is 17.7 Å². The molecule has 0 spiro atoms. The molecule has 8 nitrogen and oxygen atoms in total. The number of hydrogen-bond donors (Lipinski definition) is 3. The molecule has 0 bridgehead atoms. The number of nitrogens with zero attached hydrogens (tertiary/aromatic N) is 5. The Morgan fingerprint density at radius 2 is 2.00 bits per heavy atom. The number of H-pyrrole nitrogens is 1. The second kappa shape index (κ2) is 6.32. The van der Waals surface area contributed by atoms with Crippen molar-refractivity contribution in [3.63, 3.8) is 0 Å². The summed E-state index contributed by atoms with van der Waals surface area (Å²) in [5.74, 6) is -0.645. The highest BCUT2D eigenvalue weighted by molar-refractivity contribution is 5.58. The second-order valence-corrected chi connectivity index (χ2v) is 5.79. The number of nitrogens with one attached hydrogen (secondary N) is 2. The van der Waals surface area contributed by atoms with Gasteiger partial charge in [0.15, 0.2) is 0 Å². The van der Waals surface area contributed by atoms with E-state index in [2.05, 4.69) is 30.6 Å². The van der Waals surface area contributed by atoms with Crippen LogP contribution in [0.15, 0.2) is 18.5 Å². The molecule has 0 aliphatic carbocycles. The predicted octanol–water partition coefficient (Wildman–Crippen LogP) is 2.97. The monoisotopic (exact) mass is 366 g/mol. The maximum Gasteiger partial charge on any atom is 0.421 e. The molecule has 11 heteroatoms. The molecule has 0 aliphatic heterocycles. The lowest BCUT2D eigenvalue weighted by atomic mass is 10.2. The van der Waals surface area contributed by atoms with Gasteiger partial charge in [-0.05, 0) is 26.8 Å². The Morgan fingerprint density at radius 3 is 2.58 bits per heavy atom. The number of aromatic nitrogens is 6. The van der Waals surface area contributed by atoms with E-state index in [9.17, 15) is 13.2 Å². The van der Waals surface area contributed by atoms with Crippen LogP contribution in [-0.4, -0.2) is 29.9 Å². The van der Waals surface area contributed by atoms with Gasteiger partial charge in [0.1, 0.15) is 11.4 Å². The van der Waals surface area contributed by atoms with Crippen molar-refractivity contribution in [1.29, 1.82) is 0 Å². The van der Waals surface area contributed by atoms with Crippen LogP contribution < -0.4 is 11.1 Å². The highest BCUT2D eigenvalue weighted by Crippen LogP contribution is 2.35. The third-order valence-corrected chi connectivity index (χ3v) is 4.03.